The van der Waals surface area contributed by atoms with Crippen LogP contribution in [0.1, 0.15) is 19.8 Å². The highest BCUT2D eigenvalue weighted by Crippen LogP contribution is 2.27. The third-order valence-corrected chi connectivity index (χ3v) is 3.20. The molecule has 0 spiro atoms. The van der Waals surface area contributed by atoms with E-state index < -0.39 is 0 Å². The predicted octanol–water partition coefficient (Wildman–Crippen LogP) is 1.25. The Kier molecular flexibility index (Phi) is 4.77. The molecule has 1 aliphatic heterocycles. The second kappa shape index (κ2) is 5.64. The second-order valence-corrected chi connectivity index (χ2v) is 4.94. The first kappa shape index (κ1) is 12.7. The largest absolute Gasteiger partial charge is 0.379 e. The Labute approximate surface area is 93.3 Å². The van der Waals surface area contributed by atoms with Gasteiger partial charge in [0, 0.05) is 18.0 Å². The van der Waals surface area contributed by atoms with Crippen LogP contribution < -0.4 is 5.73 Å². The maximum absolute atomic E-state index is 6.05. The summed E-state index contributed by atoms with van der Waals surface area (Å²) in [5.41, 5.74) is 6.18. The van der Waals surface area contributed by atoms with Crippen LogP contribution in [0.25, 0.3) is 0 Å². The first-order chi connectivity index (χ1) is 7.08. The molecule has 15 heavy (non-hydrogen) atoms. The molecule has 0 bridgehead atoms. The number of unbranched alkanes of at least 4 members (excludes halogenated alkanes) is 1. The summed E-state index contributed by atoms with van der Waals surface area (Å²) >= 11 is 0. The SMILES string of the molecule is C=CCCCN(C)CC1(C)COCC1N. The van der Waals surface area contributed by atoms with Crippen molar-refractivity contribution in [3.63, 3.8) is 0 Å². The lowest BCUT2D eigenvalue weighted by Gasteiger charge is -2.31. The summed E-state index contributed by atoms with van der Waals surface area (Å²) in [5.74, 6) is 0. The second-order valence-electron chi connectivity index (χ2n) is 4.94. The molecule has 0 saturated carbocycles. The average Bonchev–Trinajstić information content (AvgIpc) is 2.47. The van der Waals surface area contributed by atoms with E-state index in [2.05, 4.69) is 25.5 Å². The van der Waals surface area contributed by atoms with E-state index in [-0.39, 0.29) is 11.5 Å². The highest BCUT2D eigenvalue weighted by Gasteiger charge is 2.38. The molecule has 1 rings (SSSR count). The van der Waals surface area contributed by atoms with Crippen molar-refractivity contribution in [3.8, 4) is 0 Å². The average molecular weight is 212 g/mol. The first-order valence-electron chi connectivity index (χ1n) is 5.71. The number of ether oxygens (including phenoxy) is 1. The zero-order valence-corrected chi connectivity index (χ0v) is 10.0. The van der Waals surface area contributed by atoms with Gasteiger partial charge in [0.15, 0.2) is 0 Å². The Hall–Kier alpha value is -0.380. The number of rotatable bonds is 6. The Morgan fingerprint density at radius 2 is 2.40 bits per heavy atom. The van der Waals surface area contributed by atoms with Crippen molar-refractivity contribution in [1.82, 2.24) is 4.90 Å². The minimum Gasteiger partial charge on any atom is -0.379 e. The van der Waals surface area contributed by atoms with E-state index in [4.69, 9.17) is 10.5 Å². The molecule has 0 amide bonds. The zero-order valence-electron chi connectivity index (χ0n) is 10.0. The monoisotopic (exact) mass is 212 g/mol. The predicted molar refractivity (Wildman–Crippen MR) is 63.8 cm³/mol. The van der Waals surface area contributed by atoms with Crippen LogP contribution in [0.4, 0.5) is 0 Å². The fraction of sp³-hybridized carbons (Fsp3) is 0.833. The molecule has 2 N–H and O–H groups in total. The molecule has 3 nitrogen and oxygen atoms in total. The van der Waals surface area contributed by atoms with Gasteiger partial charge >= 0.3 is 0 Å². The van der Waals surface area contributed by atoms with Gasteiger partial charge < -0.3 is 15.4 Å². The van der Waals surface area contributed by atoms with E-state index in [1.54, 1.807) is 0 Å². The highest BCUT2D eigenvalue weighted by molar-refractivity contribution is 4.91. The van der Waals surface area contributed by atoms with Crippen LogP contribution in [-0.4, -0.2) is 44.3 Å². The molecule has 2 unspecified atom stereocenters. The van der Waals surface area contributed by atoms with Crippen LogP contribution in [0.5, 0.6) is 0 Å². The molecule has 1 fully saturated rings. The smallest absolute Gasteiger partial charge is 0.0624 e. The third kappa shape index (κ3) is 3.59. The van der Waals surface area contributed by atoms with E-state index in [1.165, 1.54) is 6.42 Å². The van der Waals surface area contributed by atoms with Crippen molar-refractivity contribution < 1.29 is 4.74 Å². The maximum Gasteiger partial charge on any atom is 0.0624 e. The number of allylic oxidation sites excluding steroid dienone is 1. The summed E-state index contributed by atoms with van der Waals surface area (Å²) in [6.45, 7) is 9.57. The maximum atomic E-state index is 6.05. The minimum atomic E-state index is 0.128. The Morgan fingerprint density at radius 3 is 2.93 bits per heavy atom. The van der Waals surface area contributed by atoms with Gasteiger partial charge in [-0.05, 0) is 26.4 Å². The van der Waals surface area contributed by atoms with Gasteiger partial charge in [0.25, 0.3) is 0 Å². The number of hydrogen-bond acceptors (Lipinski definition) is 3. The van der Waals surface area contributed by atoms with Crippen molar-refractivity contribution in [2.24, 2.45) is 11.1 Å². The van der Waals surface area contributed by atoms with Crippen LogP contribution in [0.15, 0.2) is 12.7 Å². The molecule has 1 heterocycles. The highest BCUT2D eigenvalue weighted by atomic mass is 16.5. The summed E-state index contributed by atoms with van der Waals surface area (Å²) in [4.78, 5) is 2.35. The number of nitrogens with two attached hydrogens (primary N) is 1. The van der Waals surface area contributed by atoms with Crippen LogP contribution in [0.2, 0.25) is 0 Å². The number of nitrogens with zero attached hydrogens (tertiary/aromatic N) is 1. The summed E-state index contributed by atoms with van der Waals surface area (Å²) in [7, 11) is 2.15. The third-order valence-electron chi connectivity index (χ3n) is 3.20. The van der Waals surface area contributed by atoms with Crippen molar-refractivity contribution in [3.05, 3.63) is 12.7 Å². The van der Waals surface area contributed by atoms with Crippen LogP contribution in [0.3, 0.4) is 0 Å². The van der Waals surface area contributed by atoms with E-state index in [0.29, 0.717) is 6.61 Å². The quantitative estimate of drug-likeness (QED) is 0.532. The van der Waals surface area contributed by atoms with Gasteiger partial charge in [0.2, 0.25) is 0 Å². The van der Waals surface area contributed by atoms with Crippen LogP contribution in [-0.2, 0) is 4.74 Å². The molecule has 0 aromatic heterocycles. The standard InChI is InChI=1S/C12H24N2O/c1-4-5-6-7-14(3)9-12(2)10-15-8-11(12)13/h4,11H,1,5-10,13H2,2-3H3. The zero-order chi connectivity index (χ0) is 11.3. The normalized spacial score (nSPS) is 31.1. The van der Waals surface area contributed by atoms with Crippen LogP contribution in [0, 0.1) is 5.41 Å². The molecule has 0 aliphatic carbocycles. The van der Waals surface area contributed by atoms with Gasteiger partial charge in [-0.2, -0.15) is 0 Å². The van der Waals surface area contributed by atoms with E-state index in [9.17, 15) is 0 Å². The van der Waals surface area contributed by atoms with Crippen molar-refractivity contribution in [2.75, 3.05) is 33.4 Å². The lowest BCUT2D eigenvalue weighted by Crippen LogP contribution is -2.46. The molecule has 88 valence electrons. The summed E-state index contributed by atoms with van der Waals surface area (Å²) in [6, 6.07) is 0.180. The van der Waals surface area contributed by atoms with Gasteiger partial charge in [0.1, 0.15) is 0 Å². The van der Waals surface area contributed by atoms with Gasteiger partial charge in [-0.3, -0.25) is 0 Å². The van der Waals surface area contributed by atoms with Crippen molar-refractivity contribution >= 4 is 0 Å². The fourth-order valence-electron chi connectivity index (χ4n) is 2.09. The number of hydrogen-bond donors (Lipinski definition) is 1. The molecule has 0 aromatic rings. The molecule has 3 heteroatoms. The van der Waals surface area contributed by atoms with Crippen LogP contribution >= 0.6 is 0 Å². The minimum absolute atomic E-state index is 0.128. The lowest BCUT2D eigenvalue weighted by molar-refractivity contribution is 0.130. The molecular formula is C12H24N2O. The van der Waals surface area contributed by atoms with Gasteiger partial charge in [-0.1, -0.05) is 13.0 Å². The molecular weight excluding hydrogens is 188 g/mol. The van der Waals surface area contributed by atoms with E-state index in [1.807, 2.05) is 6.08 Å². The van der Waals surface area contributed by atoms with Crippen molar-refractivity contribution in [1.29, 1.82) is 0 Å². The van der Waals surface area contributed by atoms with E-state index >= 15 is 0 Å². The summed E-state index contributed by atoms with van der Waals surface area (Å²) in [6.07, 6.45) is 4.23. The summed E-state index contributed by atoms with van der Waals surface area (Å²) < 4.78 is 5.43. The fourth-order valence-corrected chi connectivity index (χ4v) is 2.09. The molecule has 1 saturated heterocycles. The Morgan fingerprint density at radius 1 is 1.67 bits per heavy atom. The van der Waals surface area contributed by atoms with E-state index in [0.717, 1.165) is 26.1 Å². The molecule has 2 atom stereocenters. The van der Waals surface area contributed by atoms with Crippen molar-refractivity contribution in [2.45, 2.75) is 25.8 Å². The van der Waals surface area contributed by atoms with Gasteiger partial charge in [0.05, 0.1) is 13.2 Å². The topological polar surface area (TPSA) is 38.5 Å². The first-order valence-corrected chi connectivity index (χ1v) is 5.71. The lowest BCUT2D eigenvalue weighted by atomic mass is 9.85. The molecule has 0 radical (unpaired) electrons. The van der Waals surface area contributed by atoms with Gasteiger partial charge in [-0.25, -0.2) is 0 Å². The van der Waals surface area contributed by atoms with Gasteiger partial charge in [-0.15, -0.1) is 6.58 Å². The molecule has 1 aliphatic rings. The Balaban J connectivity index is 2.29. The summed E-state index contributed by atoms with van der Waals surface area (Å²) in [5, 5.41) is 0. The molecule has 0 aromatic carbocycles. The Bertz CT molecular complexity index is 208.